The van der Waals surface area contributed by atoms with Crippen LogP contribution >= 0.6 is 0 Å². The fourth-order valence-electron chi connectivity index (χ4n) is 3.25. The van der Waals surface area contributed by atoms with E-state index >= 15 is 0 Å². The van der Waals surface area contributed by atoms with Crippen LogP contribution in [0.2, 0.25) is 0 Å². The molecule has 0 saturated carbocycles. The van der Waals surface area contributed by atoms with Gasteiger partial charge in [-0.15, -0.1) is 0 Å². The van der Waals surface area contributed by atoms with E-state index in [0.717, 1.165) is 28.0 Å². The molecule has 2 aromatic carbocycles. The van der Waals surface area contributed by atoms with Gasteiger partial charge in [0.05, 0.1) is 5.41 Å². The number of imidazole rings is 1. The number of aromatic nitrogens is 2. The van der Waals surface area contributed by atoms with Crippen LogP contribution in [0.25, 0.3) is 23.0 Å². The van der Waals surface area contributed by atoms with Gasteiger partial charge in [0.25, 0.3) is 0 Å². The van der Waals surface area contributed by atoms with E-state index in [1.807, 2.05) is 65.2 Å². The van der Waals surface area contributed by atoms with Gasteiger partial charge in [-0.25, -0.2) is 4.98 Å². The van der Waals surface area contributed by atoms with E-state index in [4.69, 9.17) is 9.17 Å². The first-order valence-electron chi connectivity index (χ1n) is 10.2. The number of fused-ring (bicyclic) bond motifs is 1. The third kappa shape index (κ3) is 5.18. The summed E-state index contributed by atoms with van der Waals surface area (Å²) in [6.45, 7) is 6.22. The Morgan fingerprint density at radius 2 is 1.72 bits per heavy atom. The van der Waals surface area contributed by atoms with Crippen molar-refractivity contribution in [2.24, 2.45) is 0 Å². The summed E-state index contributed by atoms with van der Waals surface area (Å²) in [7, 11) is -3.92. The highest BCUT2D eigenvalue weighted by Crippen LogP contribution is 2.32. The molecule has 0 bridgehead atoms. The molecule has 0 radical (unpaired) electrons. The molecule has 32 heavy (non-hydrogen) atoms. The summed E-state index contributed by atoms with van der Waals surface area (Å²) in [4.78, 5) is 4.76. The average molecular weight is 448 g/mol. The summed E-state index contributed by atoms with van der Waals surface area (Å²) in [5.74, 6) is 1.05. The van der Waals surface area contributed by atoms with Crippen molar-refractivity contribution < 1.29 is 12.6 Å². The van der Waals surface area contributed by atoms with E-state index in [1.54, 1.807) is 18.2 Å². The fraction of sp³-hybridized carbons (Fsp3) is 0.160. The van der Waals surface area contributed by atoms with Crippen LogP contribution in [0.1, 0.15) is 26.3 Å². The van der Waals surface area contributed by atoms with Crippen molar-refractivity contribution in [1.29, 1.82) is 0 Å². The third-order valence-electron chi connectivity index (χ3n) is 4.57. The second-order valence-electron chi connectivity index (χ2n) is 8.43. The van der Waals surface area contributed by atoms with Gasteiger partial charge in [0.2, 0.25) is 0 Å². The number of hydrogen-bond acceptors (Lipinski definition) is 5. The first-order valence-corrected chi connectivity index (χ1v) is 11.7. The SMILES string of the molecule is CC(C)(C)Nc1c(-c2cccc(OS(=O)(=O)/C=C/c3ccccc3)c2)nc2ccccn12. The Balaban J connectivity index is 1.67. The molecule has 4 rings (SSSR count). The molecule has 2 aromatic heterocycles. The van der Waals surface area contributed by atoms with E-state index in [-0.39, 0.29) is 11.3 Å². The quantitative estimate of drug-likeness (QED) is 0.390. The summed E-state index contributed by atoms with van der Waals surface area (Å²) in [5.41, 5.74) is 2.84. The summed E-state index contributed by atoms with van der Waals surface area (Å²) >= 11 is 0. The van der Waals surface area contributed by atoms with Gasteiger partial charge in [-0.2, -0.15) is 8.42 Å². The molecule has 7 heteroatoms. The standard InChI is InChI=1S/C25H25N3O3S/c1-25(2,3)27-24-23(26-22-14-7-8-16-28(22)24)20-12-9-13-21(18-20)31-32(29,30)17-15-19-10-5-4-6-11-19/h4-18,27H,1-3H3/b17-15+. The van der Waals surface area contributed by atoms with E-state index in [9.17, 15) is 8.42 Å². The number of pyridine rings is 1. The first-order chi connectivity index (χ1) is 15.2. The van der Waals surface area contributed by atoms with Crippen LogP contribution in [-0.2, 0) is 10.1 Å². The molecular formula is C25H25N3O3S. The molecule has 2 heterocycles. The number of nitrogens with one attached hydrogen (secondary N) is 1. The molecular weight excluding hydrogens is 422 g/mol. The lowest BCUT2D eigenvalue weighted by atomic mass is 10.1. The molecule has 0 aliphatic rings. The minimum absolute atomic E-state index is 0.194. The minimum Gasteiger partial charge on any atom is -0.379 e. The Morgan fingerprint density at radius 1 is 0.969 bits per heavy atom. The second-order valence-corrected chi connectivity index (χ2v) is 9.85. The van der Waals surface area contributed by atoms with Gasteiger partial charge in [-0.05, 0) is 56.7 Å². The Bertz CT molecular complexity index is 1370. The number of nitrogens with zero attached hydrogens (tertiary/aromatic N) is 2. The Hall–Kier alpha value is -3.58. The van der Waals surface area contributed by atoms with Gasteiger partial charge in [-0.1, -0.05) is 48.5 Å². The van der Waals surface area contributed by atoms with E-state index in [1.165, 1.54) is 6.08 Å². The van der Waals surface area contributed by atoms with Crippen molar-refractivity contribution in [2.75, 3.05) is 5.32 Å². The second kappa shape index (κ2) is 8.51. The van der Waals surface area contributed by atoms with Crippen molar-refractivity contribution in [1.82, 2.24) is 9.38 Å². The van der Waals surface area contributed by atoms with Gasteiger partial charge >= 0.3 is 10.1 Å². The Labute approximate surface area is 188 Å². The van der Waals surface area contributed by atoms with Crippen molar-refractivity contribution in [3.63, 3.8) is 0 Å². The third-order valence-corrected chi connectivity index (χ3v) is 5.46. The van der Waals surface area contributed by atoms with Crippen LogP contribution < -0.4 is 9.50 Å². The molecule has 6 nitrogen and oxygen atoms in total. The molecule has 0 fully saturated rings. The molecule has 0 spiro atoms. The average Bonchev–Trinajstić information content (AvgIpc) is 3.10. The van der Waals surface area contributed by atoms with Gasteiger partial charge in [0.1, 0.15) is 22.9 Å². The molecule has 4 aromatic rings. The van der Waals surface area contributed by atoms with Crippen molar-refractivity contribution in [2.45, 2.75) is 26.3 Å². The summed E-state index contributed by atoms with van der Waals surface area (Å²) in [5, 5.41) is 4.57. The van der Waals surface area contributed by atoms with Crippen LogP contribution in [0.3, 0.4) is 0 Å². The summed E-state index contributed by atoms with van der Waals surface area (Å²) in [6, 6.07) is 21.9. The normalized spacial score (nSPS) is 12.3. The fourth-order valence-corrected chi connectivity index (χ4v) is 4.01. The zero-order chi connectivity index (χ0) is 22.8. The topological polar surface area (TPSA) is 72.7 Å². The number of rotatable bonds is 6. The number of hydrogen-bond donors (Lipinski definition) is 1. The molecule has 0 atom stereocenters. The first kappa shape index (κ1) is 21.6. The van der Waals surface area contributed by atoms with Gasteiger partial charge in [0.15, 0.2) is 0 Å². The molecule has 0 aliphatic carbocycles. The van der Waals surface area contributed by atoms with Gasteiger partial charge < -0.3 is 9.50 Å². The molecule has 0 unspecified atom stereocenters. The predicted molar refractivity (Wildman–Crippen MR) is 129 cm³/mol. The van der Waals surface area contributed by atoms with Gasteiger partial charge in [-0.3, -0.25) is 4.40 Å². The molecule has 1 N–H and O–H groups in total. The van der Waals surface area contributed by atoms with Crippen LogP contribution in [0.15, 0.2) is 84.4 Å². The van der Waals surface area contributed by atoms with Crippen molar-refractivity contribution in [3.8, 4) is 17.0 Å². The van der Waals surface area contributed by atoms with E-state index < -0.39 is 10.1 Å². The minimum atomic E-state index is -3.92. The Morgan fingerprint density at radius 3 is 2.47 bits per heavy atom. The van der Waals surface area contributed by atoms with Crippen LogP contribution in [0.4, 0.5) is 5.82 Å². The monoisotopic (exact) mass is 447 g/mol. The molecule has 0 amide bonds. The maximum Gasteiger partial charge on any atom is 0.332 e. The van der Waals surface area contributed by atoms with Crippen molar-refractivity contribution in [3.05, 3.63) is 90.0 Å². The molecule has 0 aliphatic heterocycles. The molecule has 0 saturated heterocycles. The lowest BCUT2D eigenvalue weighted by Crippen LogP contribution is -2.27. The van der Waals surface area contributed by atoms with Crippen LogP contribution in [0, 0.1) is 0 Å². The smallest absolute Gasteiger partial charge is 0.332 e. The predicted octanol–water partition coefficient (Wildman–Crippen LogP) is 5.59. The highest BCUT2D eigenvalue weighted by atomic mass is 32.2. The summed E-state index contributed by atoms with van der Waals surface area (Å²) < 4.78 is 32.3. The van der Waals surface area contributed by atoms with E-state index in [2.05, 4.69) is 26.1 Å². The maximum atomic E-state index is 12.5. The van der Waals surface area contributed by atoms with Crippen LogP contribution in [-0.4, -0.2) is 23.3 Å². The maximum absolute atomic E-state index is 12.5. The lowest BCUT2D eigenvalue weighted by Gasteiger charge is -2.22. The van der Waals surface area contributed by atoms with E-state index in [0.29, 0.717) is 5.69 Å². The summed E-state index contributed by atoms with van der Waals surface area (Å²) in [6.07, 6.45) is 3.45. The largest absolute Gasteiger partial charge is 0.379 e. The lowest BCUT2D eigenvalue weighted by molar-refractivity contribution is 0.497. The molecule has 164 valence electrons. The zero-order valence-electron chi connectivity index (χ0n) is 18.2. The highest BCUT2D eigenvalue weighted by molar-refractivity contribution is 7.90. The van der Waals surface area contributed by atoms with Gasteiger partial charge in [0, 0.05) is 17.3 Å². The number of anilines is 1. The highest BCUT2D eigenvalue weighted by Gasteiger charge is 2.20. The van der Waals surface area contributed by atoms with Crippen LogP contribution in [0.5, 0.6) is 5.75 Å². The van der Waals surface area contributed by atoms with Crippen molar-refractivity contribution >= 4 is 27.7 Å². The zero-order valence-corrected chi connectivity index (χ0v) is 19.0. The Kier molecular flexibility index (Phi) is 5.76. The number of benzene rings is 2.